The molecule has 0 radical (unpaired) electrons. The number of esters is 1. The quantitative estimate of drug-likeness (QED) is 0.263. The maximum Gasteiger partial charge on any atom is 0.305 e. The van der Waals surface area contributed by atoms with E-state index in [0.717, 1.165) is 12.3 Å². The Balaban J connectivity index is 1.81. The molecule has 1 fully saturated rings. The first-order valence-electron chi connectivity index (χ1n) is 9.88. The van der Waals surface area contributed by atoms with Crippen LogP contribution in [0.15, 0.2) is 0 Å². The summed E-state index contributed by atoms with van der Waals surface area (Å²) in [6, 6.07) is 0. The molecule has 0 N–H and O–H groups in total. The molecule has 0 amide bonds. The van der Waals surface area contributed by atoms with Crippen molar-refractivity contribution in [2.24, 2.45) is 11.8 Å². The van der Waals surface area contributed by atoms with Gasteiger partial charge < -0.3 is 4.74 Å². The summed E-state index contributed by atoms with van der Waals surface area (Å²) in [5.74, 6) is 1.60. The largest absolute Gasteiger partial charge is 0.465 e. The summed E-state index contributed by atoms with van der Waals surface area (Å²) in [5, 5.41) is 0. The summed E-state index contributed by atoms with van der Waals surface area (Å²) in [5.41, 5.74) is 0. The molecule has 0 saturated heterocycles. The van der Waals surface area contributed by atoms with E-state index < -0.39 is 0 Å². The third-order valence-corrected chi connectivity index (χ3v) is 4.77. The highest BCUT2D eigenvalue weighted by molar-refractivity contribution is 5.69. The minimum Gasteiger partial charge on any atom is -0.465 e. The highest BCUT2D eigenvalue weighted by Gasteiger charge is 2.19. The van der Waals surface area contributed by atoms with E-state index in [0.29, 0.717) is 18.9 Å². The second-order valence-corrected chi connectivity index (χ2v) is 7.39. The molecule has 0 aromatic heterocycles. The van der Waals surface area contributed by atoms with Crippen molar-refractivity contribution in [3.63, 3.8) is 0 Å². The first-order chi connectivity index (χ1) is 10.7. The normalized spacial score (nSPS) is 15.7. The van der Waals surface area contributed by atoms with E-state index in [1.54, 1.807) is 0 Å². The minimum absolute atomic E-state index is 0.0124. The summed E-state index contributed by atoms with van der Waals surface area (Å²) in [7, 11) is 0. The molecule has 1 saturated carbocycles. The predicted molar refractivity (Wildman–Crippen MR) is 93.9 cm³/mol. The maximum absolute atomic E-state index is 11.7. The van der Waals surface area contributed by atoms with Gasteiger partial charge in [-0.15, -0.1) is 0 Å². The van der Waals surface area contributed by atoms with E-state index in [-0.39, 0.29) is 5.97 Å². The molecule has 2 nitrogen and oxygen atoms in total. The lowest BCUT2D eigenvalue weighted by Crippen LogP contribution is -2.11. The van der Waals surface area contributed by atoms with Crippen LogP contribution in [0.2, 0.25) is 0 Å². The van der Waals surface area contributed by atoms with Crippen molar-refractivity contribution in [1.29, 1.82) is 0 Å². The van der Waals surface area contributed by atoms with Crippen LogP contribution in [0.25, 0.3) is 0 Å². The molecule has 1 aliphatic carbocycles. The monoisotopic (exact) mass is 310 g/mol. The Hall–Kier alpha value is -0.530. The number of rotatable bonds is 15. The van der Waals surface area contributed by atoms with Crippen molar-refractivity contribution >= 4 is 5.97 Å². The molecule has 130 valence electrons. The van der Waals surface area contributed by atoms with Crippen molar-refractivity contribution in [3.05, 3.63) is 0 Å². The average molecular weight is 311 g/mol. The van der Waals surface area contributed by atoms with E-state index in [4.69, 9.17) is 4.74 Å². The highest BCUT2D eigenvalue weighted by Crippen LogP contribution is 2.34. The van der Waals surface area contributed by atoms with Gasteiger partial charge in [-0.3, -0.25) is 4.79 Å². The van der Waals surface area contributed by atoms with Gasteiger partial charge in [-0.05, 0) is 24.7 Å². The zero-order valence-electron chi connectivity index (χ0n) is 15.1. The van der Waals surface area contributed by atoms with Gasteiger partial charge in [-0.2, -0.15) is 0 Å². The van der Waals surface area contributed by atoms with Gasteiger partial charge in [0.1, 0.15) is 0 Å². The molecule has 2 heteroatoms. The lowest BCUT2D eigenvalue weighted by atomic mass is 10.0. The Morgan fingerprint density at radius 2 is 1.68 bits per heavy atom. The Morgan fingerprint density at radius 1 is 1.00 bits per heavy atom. The molecule has 0 aromatic carbocycles. The van der Waals surface area contributed by atoms with E-state index in [9.17, 15) is 4.79 Å². The number of carbonyl (C=O) groups excluding carboxylic acids is 1. The summed E-state index contributed by atoms with van der Waals surface area (Å²) in [4.78, 5) is 11.7. The lowest BCUT2D eigenvalue weighted by molar-refractivity contribution is -0.145. The molecule has 1 unspecified atom stereocenters. The third kappa shape index (κ3) is 12.1. The molecule has 0 aliphatic heterocycles. The van der Waals surface area contributed by atoms with Gasteiger partial charge >= 0.3 is 5.97 Å². The maximum atomic E-state index is 11.7. The van der Waals surface area contributed by atoms with Crippen LogP contribution < -0.4 is 0 Å². The van der Waals surface area contributed by atoms with Gasteiger partial charge in [0.05, 0.1) is 6.61 Å². The fourth-order valence-corrected chi connectivity index (χ4v) is 2.95. The first kappa shape index (κ1) is 19.5. The smallest absolute Gasteiger partial charge is 0.305 e. The molecule has 1 rings (SSSR count). The van der Waals surface area contributed by atoms with Crippen LogP contribution >= 0.6 is 0 Å². The van der Waals surface area contributed by atoms with E-state index in [2.05, 4.69) is 13.8 Å². The fraction of sp³-hybridized carbons (Fsp3) is 0.950. The number of ether oxygens (including phenoxy) is 1. The minimum atomic E-state index is 0.0124. The molecule has 0 aromatic rings. The van der Waals surface area contributed by atoms with Gasteiger partial charge in [-0.25, -0.2) is 0 Å². The van der Waals surface area contributed by atoms with Crippen LogP contribution in [-0.2, 0) is 9.53 Å². The third-order valence-electron chi connectivity index (χ3n) is 4.77. The summed E-state index contributed by atoms with van der Waals surface area (Å²) in [6.07, 6.45) is 17.6. The van der Waals surface area contributed by atoms with Crippen LogP contribution in [0.1, 0.15) is 104 Å². The van der Waals surface area contributed by atoms with Gasteiger partial charge in [0.2, 0.25) is 0 Å². The van der Waals surface area contributed by atoms with Crippen molar-refractivity contribution in [2.75, 3.05) is 6.61 Å². The van der Waals surface area contributed by atoms with Gasteiger partial charge in [0.25, 0.3) is 0 Å². The molecular weight excluding hydrogens is 272 g/mol. The van der Waals surface area contributed by atoms with Crippen molar-refractivity contribution in [1.82, 2.24) is 0 Å². The van der Waals surface area contributed by atoms with E-state index >= 15 is 0 Å². The van der Waals surface area contributed by atoms with Crippen molar-refractivity contribution in [2.45, 2.75) is 104 Å². The summed E-state index contributed by atoms with van der Waals surface area (Å²) < 4.78 is 5.39. The highest BCUT2D eigenvalue weighted by atomic mass is 16.5. The van der Waals surface area contributed by atoms with E-state index in [1.165, 1.54) is 77.0 Å². The standard InChI is InChI=1S/C20H38O2/c1-3-4-5-9-12-18(2)17-22-20(21)14-11-8-6-7-10-13-19-15-16-19/h18-19H,3-17H2,1-2H3. The second kappa shape index (κ2) is 13.0. The zero-order chi connectivity index (χ0) is 16.0. The van der Waals surface area contributed by atoms with Gasteiger partial charge in [0.15, 0.2) is 0 Å². The molecule has 1 aliphatic rings. The number of carbonyl (C=O) groups is 1. The molecule has 1 atom stereocenters. The Labute approximate surface area is 138 Å². The van der Waals surface area contributed by atoms with Crippen molar-refractivity contribution in [3.8, 4) is 0 Å². The average Bonchev–Trinajstić information content (AvgIpc) is 3.33. The zero-order valence-corrected chi connectivity index (χ0v) is 15.1. The SMILES string of the molecule is CCCCCCC(C)COC(=O)CCCCCCCC1CC1. The Morgan fingerprint density at radius 3 is 2.41 bits per heavy atom. The molecule has 0 heterocycles. The molecular formula is C20H38O2. The van der Waals surface area contributed by atoms with Gasteiger partial charge in [0, 0.05) is 6.42 Å². The first-order valence-corrected chi connectivity index (χ1v) is 9.88. The van der Waals surface area contributed by atoms with Gasteiger partial charge in [-0.1, -0.05) is 84.5 Å². The van der Waals surface area contributed by atoms with Crippen molar-refractivity contribution < 1.29 is 9.53 Å². The Kier molecular flexibility index (Phi) is 11.5. The topological polar surface area (TPSA) is 26.3 Å². The molecule has 0 bridgehead atoms. The summed E-state index contributed by atoms with van der Waals surface area (Å²) >= 11 is 0. The molecule has 0 spiro atoms. The fourth-order valence-electron chi connectivity index (χ4n) is 2.95. The van der Waals surface area contributed by atoms with Crippen LogP contribution in [0.5, 0.6) is 0 Å². The molecule has 22 heavy (non-hydrogen) atoms. The number of hydrogen-bond acceptors (Lipinski definition) is 2. The predicted octanol–water partition coefficient (Wildman–Crippen LogP) is 6.28. The second-order valence-electron chi connectivity index (χ2n) is 7.39. The van der Waals surface area contributed by atoms with Crippen LogP contribution in [0, 0.1) is 11.8 Å². The summed E-state index contributed by atoms with van der Waals surface area (Å²) in [6.45, 7) is 5.05. The van der Waals surface area contributed by atoms with Crippen LogP contribution in [0.3, 0.4) is 0 Å². The number of hydrogen-bond donors (Lipinski definition) is 0. The van der Waals surface area contributed by atoms with E-state index in [1.807, 2.05) is 0 Å². The lowest BCUT2D eigenvalue weighted by Gasteiger charge is -2.12. The van der Waals surface area contributed by atoms with Crippen LogP contribution in [-0.4, -0.2) is 12.6 Å². The number of unbranched alkanes of at least 4 members (excludes halogenated alkanes) is 7. The Bertz CT molecular complexity index is 271. The van der Waals surface area contributed by atoms with Crippen LogP contribution in [0.4, 0.5) is 0 Å².